The minimum absolute atomic E-state index is 0.426. The average Bonchev–Trinajstić information content (AvgIpc) is 2.30. The minimum atomic E-state index is -2.46. The van der Waals surface area contributed by atoms with Gasteiger partial charge in [-0.25, -0.2) is 8.78 Å². The zero-order valence-corrected chi connectivity index (χ0v) is 10.4. The first-order valence-corrected chi connectivity index (χ1v) is 5.89. The molecule has 0 heterocycles. The van der Waals surface area contributed by atoms with Crippen molar-refractivity contribution in [3.8, 4) is 5.75 Å². The van der Waals surface area contributed by atoms with Gasteiger partial charge in [-0.05, 0) is 6.07 Å². The van der Waals surface area contributed by atoms with Crippen LogP contribution in [0, 0.1) is 0 Å². The molecule has 0 amide bonds. The zero-order chi connectivity index (χ0) is 12.0. The summed E-state index contributed by atoms with van der Waals surface area (Å²) in [6.45, 7) is -0.575. The number of ether oxygens (including phenoxy) is 2. The monoisotopic (exact) mass is 294 g/mol. The van der Waals surface area contributed by atoms with E-state index < -0.39 is 19.1 Å². The quantitative estimate of drug-likeness (QED) is 0.749. The summed E-state index contributed by atoms with van der Waals surface area (Å²) in [4.78, 5) is 0. The Hall–Kier alpha value is -0.680. The van der Waals surface area contributed by atoms with Gasteiger partial charge in [0.15, 0.2) is 0 Å². The second kappa shape index (κ2) is 6.81. The second-order valence-corrected chi connectivity index (χ2v) is 3.76. The summed E-state index contributed by atoms with van der Waals surface area (Å²) in [5.74, 6) is 0.640. The summed E-state index contributed by atoms with van der Waals surface area (Å²) in [5, 5.41) is 0.445. The van der Waals surface area contributed by atoms with E-state index in [1.807, 2.05) is 12.1 Å². The Labute approximate surface area is 102 Å². The lowest BCUT2D eigenvalue weighted by Gasteiger charge is -2.18. The molecular formula is C11H13BrF2O2. The van der Waals surface area contributed by atoms with Crippen molar-refractivity contribution in [1.82, 2.24) is 0 Å². The summed E-state index contributed by atoms with van der Waals surface area (Å²) >= 11 is 3.24. The molecule has 1 aromatic rings. The van der Waals surface area contributed by atoms with E-state index in [4.69, 9.17) is 9.47 Å². The van der Waals surface area contributed by atoms with Gasteiger partial charge in [0.2, 0.25) is 0 Å². The molecule has 0 aliphatic heterocycles. The molecule has 5 heteroatoms. The SMILES string of the molecule is COc1ccccc1C(CBr)OCC(F)F. The van der Waals surface area contributed by atoms with Crippen LogP contribution in [0.25, 0.3) is 0 Å². The molecule has 16 heavy (non-hydrogen) atoms. The van der Waals surface area contributed by atoms with E-state index in [2.05, 4.69) is 15.9 Å². The van der Waals surface area contributed by atoms with Gasteiger partial charge >= 0.3 is 0 Å². The fourth-order valence-electron chi connectivity index (χ4n) is 1.34. The predicted molar refractivity (Wildman–Crippen MR) is 61.5 cm³/mol. The number of rotatable bonds is 6. The summed E-state index contributed by atoms with van der Waals surface area (Å²) in [7, 11) is 1.54. The van der Waals surface area contributed by atoms with Crippen molar-refractivity contribution in [1.29, 1.82) is 0 Å². The van der Waals surface area contributed by atoms with Crippen molar-refractivity contribution >= 4 is 15.9 Å². The van der Waals surface area contributed by atoms with Crippen molar-refractivity contribution in [2.75, 3.05) is 19.0 Å². The second-order valence-electron chi connectivity index (χ2n) is 3.11. The topological polar surface area (TPSA) is 18.5 Å². The summed E-state index contributed by atoms with van der Waals surface area (Å²) in [6.07, 6.45) is -2.89. The first-order chi connectivity index (χ1) is 7.69. The third-order valence-corrected chi connectivity index (χ3v) is 2.64. The molecule has 1 rings (SSSR count). The maximum atomic E-state index is 12.1. The van der Waals surface area contributed by atoms with Crippen LogP contribution in [0.15, 0.2) is 24.3 Å². The van der Waals surface area contributed by atoms with Gasteiger partial charge in [0.25, 0.3) is 6.43 Å². The number of halogens is 3. The fourth-order valence-corrected chi connectivity index (χ4v) is 1.87. The van der Waals surface area contributed by atoms with E-state index in [-0.39, 0.29) is 0 Å². The number of benzene rings is 1. The van der Waals surface area contributed by atoms with Crippen LogP contribution < -0.4 is 4.74 Å². The lowest BCUT2D eigenvalue weighted by atomic mass is 10.1. The van der Waals surface area contributed by atoms with Crippen molar-refractivity contribution in [2.45, 2.75) is 12.5 Å². The molecule has 0 fully saturated rings. The number of methoxy groups -OCH3 is 1. The van der Waals surface area contributed by atoms with Crippen LogP contribution in [0.1, 0.15) is 11.7 Å². The highest BCUT2D eigenvalue weighted by Crippen LogP contribution is 2.28. The lowest BCUT2D eigenvalue weighted by Crippen LogP contribution is -2.12. The third-order valence-electron chi connectivity index (χ3n) is 2.05. The van der Waals surface area contributed by atoms with Crippen LogP contribution in [-0.2, 0) is 4.74 Å². The highest BCUT2D eigenvalue weighted by molar-refractivity contribution is 9.09. The average molecular weight is 295 g/mol. The Morgan fingerprint density at radius 1 is 1.31 bits per heavy atom. The molecular weight excluding hydrogens is 282 g/mol. The van der Waals surface area contributed by atoms with Gasteiger partial charge in [0.1, 0.15) is 12.4 Å². The van der Waals surface area contributed by atoms with E-state index in [0.717, 1.165) is 5.56 Å². The lowest BCUT2D eigenvalue weighted by molar-refractivity contribution is -0.0166. The summed E-state index contributed by atoms with van der Waals surface area (Å²) in [5.41, 5.74) is 0.766. The molecule has 2 nitrogen and oxygen atoms in total. The standard InChI is InChI=1S/C11H13BrF2O2/c1-15-9-5-3-2-4-8(9)10(6-12)16-7-11(13)14/h2-5,10-11H,6-7H2,1H3. The first kappa shape index (κ1) is 13.4. The third kappa shape index (κ3) is 3.72. The van der Waals surface area contributed by atoms with Gasteiger partial charge in [0.05, 0.1) is 13.2 Å². The Kier molecular flexibility index (Phi) is 5.69. The van der Waals surface area contributed by atoms with Gasteiger partial charge in [0, 0.05) is 10.9 Å². The van der Waals surface area contributed by atoms with Crippen LogP contribution in [0.2, 0.25) is 0 Å². The largest absolute Gasteiger partial charge is 0.496 e. The molecule has 0 bridgehead atoms. The smallest absolute Gasteiger partial charge is 0.261 e. The van der Waals surface area contributed by atoms with Gasteiger partial charge in [-0.15, -0.1) is 0 Å². The number of alkyl halides is 3. The molecule has 0 aromatic heterocycles. The van der Waals surface area contributed by atoms with Crippen molar-refractivity contribution in [3.05, 3.63) is 29.8 Å². The van der Waals surface area contributed by atoms with E-state index in [1.54, 1.807) is 12.1 Å². The predicted octanol–water partition coefficient (Wildman–Crippen LogP) is 3.41. The van der Waals surface area contributed by atoms with E-state index in [9.17, 15) is 8.78 Å². The van der Waals surface area contributed by atoms with E-state index >= 15 is 0 Å². The van der Waals surface area contributed by atoms with E-state index in [1.165, 1.54) is 7.11 Å². The van der Waals surface area contributed by atoms with Crippen molar-refractivity contribution in [3.63, 3.8) is 0 Å². The fraction of sp³-hybridized carbons (Fsp3) is 0.455. The van der Waals surface area contributed by atoms with Crippen molar-refractivity contribution in [2.24, 2.45) is 0 Å². The Morgan fingerprint density at radius 3 is 2.56 bits per heavy atom. The van der Waals surface area contributed by atoms with E-state index in [0.29, 0.717) is 11.1 Å². The highest BCUT2D eigenvalue weighted by atomic mass is 79.9. The van der Waals surface area contributed by atoms with Gasteiger partial charge < -0.3 is 9.47 Å². The minimum Gasteiger partial charge on any atom is -0.496 e. The molecule has 0 radical (unpaired) electrons. The molecule has 90 valence electrons. The van der Waals surface area contributed by atoms with Gasteiger partial charge in [-0.2, -0.15) is 0 Å². The van der Waals surface area contributed by atoms with Crippen LogP contribution in [0.4, 0.5) is 8.78 Å². The molecule has 0 saturated heterocycles. The normalized spacial score (nSPS) is 12.8. The maximum absolute atomic E-state index is 12.1. The van der Waals surface area contributed by atoms with Crippen LogP contribution in [0.5, 0.6) is 5.75 Å². The summed E-state index contributed by atoms with van der Waals surface area (Å²) in [6, 6.07) is 7.22. The maximum Gasteiger partial charge on any atom is 0.261 e. The molecule has 0 aliphatic rings. The molecule has 0 N–H and O–H groups in total. The molecule has 0 aliphatic carbocycles. The summed E-state index contributed by atoms with van der Waals surface area (Å²) < 4.78 is 34.4. The van der Waals surface area contributed by atoms with Gasteiger partial charge in [-0.1, -0.05) is 34.1 Å². The highest BCUT2D eigenvalue weighted by Gasteiger charge is 2.17. The number of para-hydroxylation sites is 1. The number of hydrogen-bond acceptors (Lipinski definition) is 2. The van der Waals surface area contributed by atoms with Crippen LogP contribution >= 0.6 is 15.9 Å². The Bertz CT molecular complexity index is 321. The zero-order valence-electron chi connectivity index (χ0n) is 8.83. The van der Waals surface area contributed by atoms with Crippen LogP contribution in [-0.4, -0.2) is 25.5 Å². The molecule has 1 aromatic carbocycles. The molecule has 0 spiro atoms. The Balaban J connectivity index is 2.77. The molecule has 1 unspecified atom stereocenters. The van der Waals surface area contributed by atoms with Crippen LogP contribution in [0.3, 0.4) is 0 Å². The first-order valence-electron chi connectivity index (χ1n) is 4.77. The molecule has 0 saturated carbocycles. The Morgan fingerprint density at radius 2 is 2.00 bits per heavy atom. The van der Waals surface area contributed by atoms with Crippen molar-refractivity contribution < 1.29 is 18.3 Å². The van der Waals surface area contributed by atoms with Gasteiger partial charge in [-0.3, -0.25) is 0 Å². The molecule has 1 atom stereocenters. The number of hydrogen-bond donors (Lipinski definition) is 0.